The van der Waals surface area contributed by atoms with Crippen molar-refractivity contribution < 1.29 is 9.90 Å². The number of aromatic nitrogens is 1. The van der Waals surface area contributed by atoms with Crippen molar-refractivity contribution in [1.29, 1.82) is 0 Å². The number of nitrogens with zero attached hydrogens (tertiary/aromatic N) is 3. The molecule has 0 saturated heterocycles. The number of amides is 1. The molecule has 2 aromatic rings. The first-order valence-corrected chi connectivity index (χ1v) is 14.9. The molecule has 1 N–H and O–H groups in total. The molecule has 6 rings (SSSR count). The molecule has 1 spiro atoms. The largest absolute Gasteiger partial charge is 0.390 e. The number of pyridine rings is 1. The molecule has 1 aromatic heterocycles. The fourth-order valence-corrected chi connectivity index (χ4v) is 7.69. The van der Waals surface area contributed by atoms with Gasteiger partial charge >= 0.3 is 0 Å². The number of rotatable bonds is 6. The van der Waals surface area contributed by atoms with E-state index < -0.39 is 6.10 Å². The quantitative estimate of drug-likeness (QED) is 0.585. The molecule has 1 atom stereocenters. The van der Waals surface area contributed by atoms with Crippen LogP contribution in [-0.2, 0) is 24.8 Å². The summed E-state index contributed by atoms with van der Waals surface area (Å²) >= 11 is 0. The van der Waals surface area contributed by atoms with Crippen molar-refractivity contribution in [1.82, 2.24) is 14.8 Å². The van der Waals surface area contributed by atoms with Crippen LogP contribution in [0.2, 0.25) is 0 Å². The first kappa shape index (κ1) is 25.1. The van der Waals surface area contributed by atoms with Gasteiger partial charge in [0.05, 0.1) is 6.10 Å². The van der Waals surface area contributed by atoms with Crippen molar-refractivity contribution in [3.8, 4) is 0 Å². The van der Waals surface area contributed by atoms with Crippen LogP contribution < -0.4 is 0 Å². The Labute approximate surface area is 222 Å². The minimum absolute atomic E-state index is 0.00163. The van der Waals surface area contributed by atoms with Crippen LogP contribution in [0.1, 0.15) is 97.1 Å². The Hall–Kier alpha value is -2.24. The van der Waals surface area contributed by atoms with Crippen LogP contribution in [0.25, 0.3) is 0 Å². The lowest BCUT2D eigenvalue weighted by Gasteiger charge is -2.46. The summed E-state index contributed by atoms with van der Waals surface area (Å²) in [7, 11) is 0. The summed E-state index contributed by atoms with van der Waals surface area (Å²) in [6.07, 6.45) is 14.0. The molecule has 3 heterocycles. The van der Waals surface area contributed by atoms with Crippen LogP contribution in [0.3, 0.4) is 0 Å². The third kappa shape index (κ3) is 5.35. The van der Waals surface area contributed by atoms with Crippen molar-refractivity contribution in [2.75, 3.05) is 26.2 Å². The predicted octanol–water partition coefficient (Wildman–Crippen LogP) is 5.28. The Bertz CT molecular complexity index is 1100. The zero-order valence-electron chi connectivity index (χ0n) is 22.3. The SMILES string of the molecule is O=C1c2nc(CC3CCCCC3)ccc2C2(CCCCC2)CN1CC(O)CN1CCc2ccccc2C1. The van der Waals surface area contributed by atoms with E-state index in [1.54, 1.807) is 0 Å². The molecule has 2 saturated carbocycles. The van der Waals surface area contributed by atoms with Crippen molar-refractivity contribution in [3.63, 3.8) is 0 Å². The molecule has 5 nitrogen and oxygen atoms in total. The molecular formula is C32H43N3O2. The number of fused-ring (bicyclic) bond motifs is 3. The Morgan fingerprint density at radius 2 is 1.70 bits per heavy atom. The van der Waals surface area contributed by atoms with Crippen molar-refractivity contribution >= 4 is 5.91 Å². The van der Waals surface area contributed by atoms with E-state index in [0.29, 0.717) is 24.7 Å². The first-order valence-electron chi connectivity index (χ1n) is 14.9. The maximum atomic E-state index is 13.8. The smallest absolute Gasteiger partial charge is 0.272 e. The number of hydrogen-bond donors (Lipinski definition) is 1. The number of aliphatic hydroxyl groups excluding tert-OH is 1. The number of aliphatic hydroxyl groups is 1. The lowest BCUT2D eigenvalue weighted by atomic mass is 9.66. The number of benzene rings is 1. The van der Waals surface area contributed by atoms with Gasteiger partial charge in [-0.2, -0.15) is 0 Å². The van der Waals surface area contributed by atoms with Gasteiger partial charge in [0.1, 0.15) is 5.69 Å². The van der Waals surface area contributed by atoms with Crippen LogP contribution in [0.4, 0.5) is 0 Å². The highest BCUT2D eigenvalue weighted by Crippen LogP contribution is 2.44. The molecule has 2 fully saturated rings. The molecule has 198 valence electrons. The summed E-state index contributed by atoms with van der Waals surface area (Å²) in [5.41, 5.74) is 5.73. The number of carbonyl (C=O) groups is 1. The lowest BCUT2D eigenvalue weighted by molar-refractivity contribution is 0.0369. The molecule has 1 unspecified atom stereocenters. The zero-order chi connectivity index (χ0) is 25.2. The summed E-state index contributed by atoms with van der Waals surface area (Å²) in [5, 5.41) is 11.2. The van der Waals surface area contributed by atoms with Gasteiger partial charge in [-0.15, -0.1) is 0 Å². The topological polar surface area (TPSA) is 56.7 Å². The zero-order valence-corrected chi connectivity index (χ0v) is 22.3. The first-order chi connectivity index (χ1) is 18.1. The monoisotopic (exact) mass is 501 g/mol. The van der Waals surface area contributed by atoms with Gasteiger partial charge in [-0.3, -0.25) is 9.69 Å². The number of carbonyl (C=O) groups excluding carboxylic acids is 1. The van der Waals surface area contributed by atoms with Gasteiger partial charge in [-0.05, 0) is 54.4 Å². The number of β-amino-alcohol motifs (C(OH)–C–C–N with tert-alkyl or cyclic N) is 1. The second-order valence-electron chi connectivity index (χ2n) is 12.3. The summed E-state index contributed by atoms with van der Waals surface area (Å²) in [6.45, 7) is 3.56. The molecule has 37 heavy (non-hydrogen) atoms. The number of hydrogen-bond acceptors (Lipinski definition) is 4. The minimum atomic E-state index is -0.554. The van der Waals surface area contributed by atoms with Gasteiger partial charge in [-0.25, -0.2) is 4.98 Å². The summed E-state index contributed by atoms with van der Waals surface area (Å²) in [4.78, 5) is 23.2. The molecule has 2 aliphatic carbocycles. The second-order valence-corrected chi connectivity index (χ2v) is 12.3. The van der Waals surface area contributed by atoms with E-state index in [-0.39, 0.29) is 11.3 Å². The fraction of sp³-hybridized carbons (Fsp3) is 0.625. The van der Waals surface area contributed by atoms with E-state index in [2.05, 4.69) is 41.3 Å². The van der Waals surface area contributed by atoms with E-state index in [4.69, 9.17) is 4.98 Å². The molecule has 0 bridgehead atoms. The molecule has 0 radical (unpaired) electrons. The van der Waals surface area contributed by atoms with Crippen LogP contribution >= 0.6 is 0 Å². The van der Waals surface area contributed by atoms with Gasteiger partial charge in [-0.1, -0.05) is 81.7 Å². The van der Waals surface area contributed by atoms with Gasteiger partial charge in [0.2, 0.25) is 0 Å². The van der Waals surface area contributed by atoms with Crippen molar-refractivity contribution in [3.05, 3.63) is 64.5 Å². The highest BCUT2D eigenvalue weighted by Gasteiger charge is 2.45. The third-order valence-electron chi connectivity index (χ3n) is 9.65. The minimum Gasteiger partial charge on any atom is -0.390 e. The Balaban J connectivity index is 1.19. The normalized spacial score (nSPS) is 23.1. The maximum absolute atomic E-state index is 13.8. The predicted molar refractivity (Wildman–Crippen MR) is 147 cm³/mol. The molecular weight excluding hydrogens is 458 g/mol. The molecule has 2 aliphatic heterocycles. The second kappa shape index (κ2) is 10.9. The van der Waals surface area contributed by atoms with E-state index >= 15 is 0 Å². The van der Waals surface area contributed by atoms with Crippen LogP contribution in [0, 0.1) is 5.92 Å². The fourth-order valence-electron chi connectivity index (χ4n) is 7.69. The Morgan fingerprint density at radius 1 is 0.946 bits per heavy atom. The van der Waals surface area contributed by atoms with Crippen molar-refractivity contribution in [2.45, 2.75) is 95.1 Å². The van der Waals surface area contributed by atoms with E-state index in [0.717, 1.165) is 51.0 Å². The van der Waals surface area contributed by atoms with Gasteiger partial charge in [0.15, 0.2) is 0 Å². The summed E-state index contributed by atoms with van der Waals surface area (Å²) < 4.78 is 0. The molecule has 4 aliphatic rings. The van der Waals surface area contributed by atoms with Crippen LogP contribution in [0.15, 0.2) is 36.4 Å². The Kier molecular flexibility index (Phi) is 7.36. The van der Waals surface area contributed by atoms with E-state index in [1.165, 1.54) is 68.1 Å². The molecule has 5 heteroatoms. The maximum Gasteiger partial charge on any atom is 0.272 e. The van der Waals surface area contributed by atoms with E-state index in [1.807, 2.05) is 4.90 Å². The Morgan fingerprint density at radius 3 is 2.51 bits per heavy atom. The molecule has 1 amide bonds. The van der Waals surface area contributed by atoms with Crippen molar-refractivity contribution in [2.24, 2.45) is 5.92 Å². The van der Waals surface area contributed by atoms with Gasteiger partial charge in [0.25, 0.3) is 5.91 Å². The van der Waals surface area contributed by atoms with Crippen LogP contribution in [-0.4, -0.2) is 58.1 Å². The summed E-state index contributed by atoms with van der Waals surface area (Å²) in [5.74, 6) is 0.731. The third-order valence-corrected chi connectivity index (χ3v) is 9.65. The lowest BCUT2D eigenvalue weighted by Crippen LogP contribution is -2.54. The van der Waals surface area contributed by atoms with E-state index in [9.17, 15) is 9.90 Å². The van der Waals surface area contributed by atoms with Gasteiger partial charge < -0.3 is 10.0 Å². The van der Waals surface area contributed by atoms with Gasteiger partial charge in [0, 0.05) is 43.8 Å². The van der Waals surface area contributed by atoms with Crippen LogP contribution in [0.5, 0.6) is 0 Å². The summed E-state index contributed by atoms with van der Waals surface area (Å²) in [6, 6.07) is 13.1. The highest BCUT2D eigenvalue weighted by molar-refractivity contribution is 5.95. The molecule has 1 aromatic carbocycles. The average molecular weight is 502 g/mol. The average Bonchev–Trinajstić information content (AvgIpc) is 2.92. The highest BCUT2D eigenvalue weighted by atomic mass is 16.3. The standard InChI is InChI=1S/C32H43N3O2/c36-28(21-34-18-15-25-11-5-6-12-26(25)20-34)22-35-23-32(16-7-2-8-17-32)29-14-13-27(33-30(29)31(35)37)19-24-9-3-1-4-10-24/h5-6,11-14,24,28,36H,1-4,7-10,15-23H2.